The van der Waals surface area contributed by atoms with Gasteiger partial charge in [-0.1, -0.05) is 24.3 Å². The first-order valence-electron chi connectivity index (χ1n) is 10.6. The highest BCUT2D eigenvalue weighted by atomic mass is 19.4. The van der Waals surface area contributed by atoms with Gasteiger partial charge in [0.1, 0.15) is 0 Å². The van der Waals surface area contributed by atoms with Crippen molar-refractivity contribution in [1.29, 1.82) is 0 Å². The Kier molecular flexibility index (Phi) is 13.2. The topological polar surface area (TPSA) is 77.5 Å². The Balaban J connectivity index is 0.000000631. The number of rotatable bonds is 5. The Morgan fingerprint density at radius 3 is 1.39 bits per heavy atom. The van der Waals surface area contributed by atoms with Gasteiger partial charge in [-0.3, -0.25) is 14.4 Å². The summed E-state index contributed by atoms with van der Waals surface area (Å²) in [6, 6.07) is 7.25. The molecule has 0 heterocycles. The minimum Gasteiger partial charge on any atom is -0.459 e. The molecule has 228 valence electrons. The van der Waals surface area contributed by atoms with Crippen molar-refractivity contribution in [3.63, 3.8) is 0 Å². The molecule has 0 fully saturated rings. The third-order valence-corrected chi connectivity index (χ3v) is 4.25. The molecule has 0 aliphatic carbocycles. The van der Waals surface area contributed by atoms with E-state index in [1.54, 1.807) is 0 Å². The highest BCUT2D eigenvalue weighted by molar-refractivity contribution is 6.09. The molecule has 0 radical (unpaired) electrons. The molecule has 0 aromatic heterocycles. The van der Waals surface area contributed by atoms with E-state index in [9.17, 15) is 71.9 Å². The molecule has 2 aromatic rings. The van der Waals surface area contributed by atoms with Crippen LogP contribution in [0.2, 0.25) is 0 Å². The van der Waals surface area contributed by atoms with Crippen LogP contribution in [0, 0.1) is 0 Å². The predicted molar refractivity (Wildman–Crippen MR) is 116 cm³/mol. The van der Waals surface area contributed by atoms with Crippen LogP contribution in [-0.2, 0) is 26.7 Å². The van der Waals surface area contributed by atoms with Crippen molar-refractivity contribution >= 4 is 23.3 Å². The molecule has 0 bridgehead atoms. The van der Waals surface area contributed by atoms with Gasteiger partial charge in [0.25, 0.3) is 0 Å². The summed E-state index contributed by atoms with van der Waals surface area (Å²) in [4.78, 5) is 42.3. The zero-order valence-corrected chi connectivity index (χ0v) is 20.6. The lowest BCUT2D eigenvalue weighted by molar-refractivity contribution is -0.199. The van der Waals surface area contributed by atoms with Gasteiger partial charge in [0.15, 0.2) is 11.6 Å². The zero-order valence-electron chi connectivity index (χ0n) is 20.6. The highest BCUT2D eigenvalue weighted by Gasteiger charge is 2.41. The smallest absolute Gasteiger partial charge is 0.459 e. The molecule has 0 aliphatic rings. The van der Waals surface area contributed by atoms with Gasteiger partial charge in [-0.05, 0) is 38.1 Å². The van der Waals surface area contributed by atoms with Crippen molar-refractivity contribution in [3.8, 4) is 0 Å². The van der Waals surface area contributed by atoms with Gasteiger partial charge in [0.05, 0.1) is 24.2 Å². The lowest BCUT2D eigenvalue weighted by Gasteiger charge is -2.08. The summed E-state index contributed by atoms with van der Waals surface area (Å²) in [5.74, 6) is -6.11. The van der Waals surface area contributed by atoms with Crippen molar-refractivity contribution < 1.29 is 76.6 Å². The minimum absolute atomic E-state index is 0.0785. The van der Waals surface area contributed by atoms with Crippen LogP contribution < -0.4 is 0 Å². The van der Waals surface area contributed by atoms with E-state index in [0.29, 0.717) is 12.1 Å². The molecule has 41 heavy (non-hydrogen) atoms. The molecule has 0 aliphatic heterocycles. The number of benzene rings is 2. The third kappa shape index (κ3) is 13.8. The molecular formula is C24H18F12O5. The van der Waals surface area contributed by atoms with Gasteiger partial charge >= 0.3 is 30.7 Å². The summed E-state index contributed by atoms with van der Waals surface area (Å²) in [7, 11) is 0. The molecule has 0 spiro atoms. The molecule has 0 saturated heterocycles. The Labute approximate surface area is 223 Å². The van der Waals surface area contributed by atoms with Crippen LogP contribution >= 0.6 is 0 Å². The largest absolute Gasteiger partial charge is 0.490 e. The normalized spacial score (nSPS) is 11.8. The summed E-state index contributed by atoms with van der Waals surface area (Å²) in [6.45, 7) is 2.29. The molecule has 5 nitrogen and oxygen atoms in total. The number of ether oxygens (including phenoxy) is 1. The van der Waals surface area contributed by atoms with Crippen molar-refractivity contribution in [2.24, 2.45) is 0 Å². The molecule has 0 saturated carbocycles. The van der Waals surface area contributed by atoms with Crippen molar-refractivity contribution in [3.05, 3.63) is 70.8 Å². The van der Waals surface area contributed by atoms with E-state index >= 15 is 0 Å². The minimum atomic E-state index is -5.18. The fraction of sp³-hybridized carbons (Fsp3) is 0.333. The molecule has 2 aromatic carbocycles. The van der Waals surface area contributed by atoms with E-state index in [-0.39, 0.29) is 18.0 Å². The predicted octanol–water partition coefficient (Wildman–Crippen LogP) is 7.43. The maximum absolute atomic E-state index is 12.3. The second kappa shape index (κ2) is 14.6. The van der Waals surface area contributed by atoms with Gasteiger partial charge in [-0.2, -0.15) is 52.7 Å². The standard InChI is InChI=1S/C11H6F6O2.C9H7F3O.C4H5F3O2/c12-10(13,14)7-3-1-2-6(4-7)8(18)5-9(19)11(15,16)17;1-6(13)7-3-2-4-8(5-7)9(10,11)12;1-2-9-3(8)4(5,6)7/h1-4H,5H2;2-5H,1H3;2H2,1H3. The van der Waals surface area contributed by atoms with E-state index in [1.165, 1.54) is 26.0 Å². The number of ketones is 3. The van der Waals surface area contributed by atoms with Crippen molar-refractivity contribution in [2.45, 2.75) is 45.0 Å². The summed E-state index contributed by atoms with van der Waals surface area (Å²) in [5, 5.41) is 0. The van der Waals surface area contributed by atoms with Crippen LogP contribution in [0.1, 0.15) is 52.1 Å². The lowest BCUT2D eigenvalue weighted by Crippen LogP contribution is -2.25. The Morgan fingerprint density at radius 1 is 0.659 bits per heavy atom. The maximum atomic E-state index is 12.3. The second-order valence-electron chi connectivity index (χ2n) is 7.45. The molecular weight excluding hydrogens is 596 g/mol. The first-order valence-corrected chi connectivity index (χ1v) is 10.6. The van der Waals surface area contributed by atoms with Gasteiger partial charge < -0.3 is 4.74 Å². The van der Waals surface area contributed by atoms with Gasteiger partial charge in [-0.25, -0.2) is 4.79 Å². The maximum Gasteiger partial charge on any atom is 0.490 e. The molecule has 2 rings (SSSR count). The first kappa shape index (κ1) is 37.1. The number of carbonyl (C=O) groups is 4. The molecule has 17 heteroatoms. The summed E-state index contributed by atoms with van der Waals surface area (Å²) in [6.07, 6.45) is -20.6. The fourth-order valence-corrected chi connectivity index (χ4v) is 2.34. The van der Waals surface area contributed by atoms with Crippen LogP contribution in [0.3, 0.4) is 0 Å². The molecule has 0 N–H and O–H groups in total. The second-order valence-corrected chi connectivity index (χ2v) is 7.45. The van der Waals surface area contributed by atoms with E-state index in [2.05, 4.69) is 4.74 Å². The van der Waals surface area contributed by atoms with Gasteiger partial charge in [0, 0.05) is 11.1 Å². The number of Topliss-reactive ketones (excluding diaryl/α,β-unsaturated/α-hetero) is 3. The monoisotopic (exact) mass is 614 g/mol. The van der Waals surface area contributed by atoms with Gasteiger partial charge in [0.2, 0.25) is 5.78 Å². The SMILES string of the molecule is CC(=O)c1cccc(C(F)(F)F)c1.CCOC(=O)C(F)(F)F.O=C(CC(=O)C(F)(F)F)c1cccc(C(F)(F)F)c1. The average molecular weight is 614 g/mol. The lowest BCUT2D eigenvalue weighted by atomic mass is 10.0. The number of hydrogen-bond donors (Lipinski definition) is 0. The van der Waals surface area contributed by atoms with Gasteiger partial charge in [-0.15, -0.1) is 0 Å². The fourth-order valence-electron chi connectivity index (χ4n) is 2.34. The van der Waals surface area contributed by atoms with Crippen LogP contribution in [-0.4, -0.2) is 42.3 Å². The van der Waals surface area contributed by atoms with Crippen molar-refractivity contribution in [1.82, 2.24) is 0 Å². The third-order valence-electron chi connectivity index (χ3n) is 4.25. The summed E-state index contributed by atoms with van der Waals surface area (Å²) in [5.41, 5.74) is -2.47. The summed E-state index contributed by atoms with van der Waals surface area (Å²) < 4.78 is 146. The highest BCUT2D eigenvalue weighted by Crippen LogP contribution is 2.31. The number of halogens is 12. The molecule has 0 atom stereocenters. The number of hydrogen-bond acceptors (Lipinski definition) is 5. The quantitative estimate of drug-likeness (QED) is 0.152. The van der Waals surface area contributed by atoms with E-state index in [1.807, 2.05) is 0 Å². The average Bonchev–Trinajstić information content (AvgIpc) is 2.83. The zero-order chi connectivity index (χ0) is 32.4. The van der Waals surface area contributed by atoms with Crippen LogP contribution in [0.5, 0.6) is 0 Å². The van der Waals surface area contributed by atoms with Crippen LogP contribution in [0.15, 0.2) is 48.5 Å². The number of esters is 1. The Bertz CT molecular complexity index is 1210. The first-order chi connectivity index (χ1) is 18.4. The van der Waals surface area contributed by atoms with Crippen molar-refractivity contribution in [2.75, 3.05) is 6.61 Å². The van der Waals surface area contributed by atoms with Crippen LogP contribution in [0.25, 0.3) is 0 Å². The Hall–Kier alpha value is -3.92. The Morgan fingerprint density at radius 2 is 1.07 bits per heavy atom. The van der Waals surface area contributed by atoms with Crippen LogP contribution in [0.4, 0.5) is 52.7 Å². The number of carbonyl (C=O) groups excluding carboxylic acids is 4. The molecule has 0 amide bonds. The van der Waals surface area contributed by atoms with E-state index < -0.39 is 65.4 Å². The number of alkyl halides is 12. The van der Waals surface area contributed by atoms with E-state index in [0.717, 1.165) is 24.3 Å². The molecule has 0 unspecified atom stereocenters. The van der Waals surface area contributed by atoms with E-state index in [4.69, 9.17) is 0 Å². The summed E-state index contributed by atoms with van der Waals surface area (Å²) >= 11 is 0.